The topological polar surface area (TPSA) is 88.0 Å². The highest BCUT2D eigenvalue weighted by Gasteiger charge is 2.09. The fourth-order valence-corrected chi connectivity index (χ4v) is 3.08. The van der Waals surface area contributed by atoms with Crippen molar-refractivity contribution in [2.75, 3.05) is 5.32 Å². The standard InChI is InChI=1S/C11H8N4O2S2/c16-11(17)7-4-19-8(15-7)3-12-10-9-6(1-2-18-9)13-5-14-10/h1-2,4-5H,3H2,(H,16,17)(H,12,13,14). The number of carboxylic acids is 1. The number of rotatable bonds is 4. The number of thiazole rings is 1. The Balaban J connectivity index is 1.78. The lowest BCUT2D eigenvalue weighted by Gasteiger charge is -2.03. The molecule has 6 nitrogen and oxygen atoms in total. The summed E-state index contributed by atoms with van der Waals surface area (Å²) in [5.74, 6) is -0.266. The van der Waals surface area contributed by atoms with Gasteiger partial charge in [0.1, 0.15) is 17.2 Å². The molecule has 0 fully saturated rings. The van der Waals surface area contributed by atoms with Gasteiger partial charge in [0, 0.05) is 5.38 Å². The van der Waals surface area contributed by atoms with Crippen molar-refractivity contribution in [3.8, 4) is 0 Å². The van der Waals surface area contributed by atoms with Crippen LogP contribution in [-0.4, -0.2) is 26.0 Å². The van der Waals surface area contributed by atoms with E-state index in [1.165, 1.54) is 23.0 Å². The quantitative estimate of drug-likeness (QED) is 0.768. The van der Waals surface area contributed by atoms with Gasteiger partial charge in [0.15, 0.2) is 5.69 Å². The van der Waals surface area contributed by atoms with Gasteiger partial charge >= 0.3 is 5.97 Å². The normalized spacial score (nSPS) is 10.7. The molecule has 0 unspecified atom stereocenters. The fourth-order valence-electron chi connectivity index (χ4n) is 1.56. The van der Waals surface area contributed by atoms with Gasteiger partial charge in [0.05, 0.1) is 16.8 Å². The SMILES string of the molecule is O=C(O)c1csc(CNc2ncnc3ccsc23)n1. The average Bonchev–Trinajstić information content (AvgIpc) is 3.05. The Morgan fingerprint density at radius 1 is 1.37 bits per heavy atom. The molecule has 3 aromatic heterocycles. The molecule has 8 heteroatoms. The summed E-state index contributed by atoms with van der Waals surface area (Å²) >= 11 is 2.87. The first-order valence-electron chi connectivity index (χ1n) is 5.34. The molecule has 0 aliphatic rings. The van der Waals surface area contributed by atoms with Crippen LogP contribution < -0.4 is 5.32 Å². The molecule has 0 saturated heterocycles. The van der Waals surface area contributed by atoms with E-state index in [0.29, 0.717) is 11.6 Å². The van der Waals surface area contributed by atoms with E-state index in [0.717, 1.165) is 16.0 Å². The Hall–Kier alpha value is -2.06. The summed E-state index contributed by atoms with van der Waals surface area (Å²) in [6.45, 7) is 0.446. The van der Waals surface area contributed by atoms with Gasteiger partial charge in [-0.05, 0) is 11.4 Å². The van der Waals surface area contributed by atoms with Crippen LogP contribution in [0.1, 0.15) is 15.5 Å². The van der Waals surface area contributed by atoms with E-state index in [9.17, 15) is 4.79 Å². The van der Waals surface area contributed by atoms with Crippen molar-refractivity contribution >= 4 is 44.7 Å². The van der Waals surface area contributed by atoms with Gasteiger partial charge in [0.25, 0.3) is 0 Å². The molecule has 3 rings (SSSR count). The van der Waals surface area contributed by atoms with Gasteiger partial charge in [-0.2, -0.15) is 0 Å². The van der Waals surface area contributed by atoms with Gasteiger partial charge < -0.3 is 10.4 Å². The Labute approximate surface area is 115 Å². The van der Waals surface area contributed by atoms with E-state index in [1.54, 1.807) is 11.3 Å². The molecule has 96 valence electrons. The zero-order valence-electron chi connectivity index (χ0n) is 9.53. The van der Waals surface area contributed by atoms with Crippen LogP contribution in [0.2, 0.25) is 0 Å². The summed E-state index contributed by atoms with van der Waals surface area (Å²) in [5.41, 5.74) is 0.971. The molecule has 0 amide bonds. The minimum atomic E-state index is -1.01. The van der Waals surface area contributed by atoms with Crippen LogP contribution in [0.4, 0.5) is 5.82 Å². The van der Waals surface area contributed by atoms with E-state index in [2.05, 4.69) is 20.3 Å². The average molecular weight is 292 g/mol. The summed E-state index contributed by atoms with van der Waals surface area (Å²) in [5, 5.41) is 16.2. The van der Waals surface area contributed by atoms with Crippen LogP contribution in [0.5, 0.6) is 0 Å². The van der Waals surface area contributed by atoms with Gasteiger partial charge in [-0.15, -0.1) is 22.7 Å². The first kappa shape index (κ1) is 12.0. The number of nitrogens with one attached hydrogen (secondary N) is 1. The second-order valence-corrected chi connectivity index (χ2v) is 5.50. The molecule has 0 aliphatic carbocycles. The second-order valence-electron chi connectivity index (χ2n) is 3.64. The maximum atomic E-state index is 10.7. The third-order valence-corrected chi connectivity index (χ3v) is 4.18. The molecule has 3 heterocycles. The molecule has 0 aliphatic heterocycles. The number of carbonyl (C=O) groups is 1. The molecule has 0 bridgehead atoms. The number of aromatic carboxylic acids is 1. The highest BCUT2D eigenvalue weighted by atomic mass is 32.1. The summed E-state index contributed by atoms with van der Waals surface area (Å²) in [6.07, 6.45) is 1.50. The molecule has 0 aromatic carbocycles. The zero-order chi connectivity index (χ0) is 13.2. The van der Waals surface area contributed by atoms with Crippen LogP contribution in [0, 0.1) is 0 Å². The van der Waals surface area contributed by atoms with Crippen LogP contribution in [0.15, 0.2) is 23.2 Å². The second kappa shape index (κ2) is 4.90. The third-order valence-electron chi connectivity index (χ3n) is 2.42. The largest absolute Gasteiger partial charge is 0.476 e. The van der Waals surface area contributed by atoms with E-state index >= 15 is 0 Å². The van der Waals surface area contributed by atoms with E-state index < -0.39 is 5.97 Å². The van der Waals surface area contributed by atoms with Gasteiger partial charge in [0.2, 0.25) is 0 Å². The predicted molar refractivity (Wildman–Crippen MR) is 73.8 cm³/mol. The molecule has 0 saturated carbocycles. The van der Waals surface area contributed by atoms with E-state index in [1.807, 2.05) is 11.4 Å². The lowest BCUT2D eigenvalue weighted by atomic mass is 10.4. The molecule has 0 radical (unpaired) electrons. The molecule has 2 N–H and O–H groups in total. The minimum Gasteiger partial charge on any atom is -0.476 e. The monoisotopic (exact) mass is 292 g/mol. The van der Waals surface area contributed by atoms with Gasteiger partial charge in [-0.3, -0.25) is 0 Å². The lowest BCUT2D eigenvalue weighted by Crippen LogP contribution is -2.03. The Bertz CT molecular complexity index is 737. The van der Waals surface area contributed by atoms with E-state index in [4.69, 9.17) is 5.11 Å². The van der Waals surface area contributed by atoms with Crippen molar-refractivity contribution in [1.82, 2.24) is 15.0 Å². The van der Waals surface area contributed by atoms with Crippen LogP contribution in [0.25, 0.3) is 10.2 Å². The molecule has 0 spiro atoms. The minimum absolute atomic E-state index is 0.0748. The number of hydrogen-bond acceptors (Lipinski definition) is 7. The molecule has 19 heavy (non-hydrogen) atoms. The van der Waals surface area contributed by atoms with Crippen LogP contribution in [-0.2, 0) is 6.54 Å². The maximum absolute atomic E-state index is 10.7. The summed E-state index contributed by atoms with van der Waals surface area (Å²) < 4.78 is 0.984. The summed E-state index contributed by atoms with van der Waals surface area (Å²) in [7, 11) is 0. The Morgan fingerprint density at radius 2 is 2.26 bits per heavy atom. The zero-order valence-corrected chi connectivity index (χ0v) is 11.2. The van der Waals surface area contributed by atoms with Crippen molar-refractivity contribution in [2.45, 2.75) is 6.54 Å². The number of carboxylic acid groups (broad SMARTS) is 1. The summed E-state index contributed by atoms with van der Waals surface area (Å²) in [4.78, 5) is 23.1. The lowest BCUT2D eigenvalue weighted by molar-refractivity contribution is 0.0691. The maximum Gasteiger partial charge on any atom is 0.355 e. The number of aromatic nitrogens is 3. The third kappa shape index (κ3) is 2.40. The fraction of sp³-hybridized carbons (Fsp3) is 0.0909. The smallest absolute Gasteiger partial charge is 0.355 e. The van der Waals surface area contributed by atoms with Gasteiger partial charge in [-0.1, -0.05) is 0 Å². The predicted octanol–water partition coefficient (Wildman–Crippen LogP) is 2.46. The van der Waals surface area contributed by atoms with Crippen LogP contribution in [0.3, 0.4) is 0 Å². The number of thiophene rings is 1. The summed E-state index contributed by atoms with van der Waals surface area (Å²) in [6, 6.07) is 1.93. The van der Waals surface area contributed by atoms with Gasteiger partial charge in [-0.25, -0.2) is 19.7 Å². The first-order chi connectivity index (χ1) is 9.24. The number of fused-ring (bicyclic) bond motifs is 1. The Morgan fingerprint density at radius 3 is 3.05 bits per heavy atom. The van der Waals surface area contributed by atoms with Crippen molar-refractivity contribution in [3.05, 3.63) is 33.9 Å². The molecular weight excluding hydrogens is 284 g/mol. The van der Waals surface area contributed by atoms with Crippen LogP contribution >= 0.6 is 22.7 Å². The van der Waals surface area contributed by atoms with Crippen molar-refractivity contribution in [3.63, 3.8) is 0 Å². The highest BCUT2D eigenvalue weighted by molar-refractivity contribution is 7.17. The number of hydrogen-bond donors (Lipinski definition) is 2. The number of nitrogens with zero attached hydrogens (tertiary/aromatic N) is 3. The van der Waals surface area contributed by atoms with Crippen molar-refractivity contribution in [2.24, 2.45) is 0 Å². The molecular formula is C11H8N4O2S2. The molecule has 3 aromatic rings. The van der Waals surface area contributed by atoms with E-state index in [-0.39, 0.29) is 5.69 Å². The Kier molecular flexibility index (Phi) is 3.10. The van der Waals surface area contributed by atoms with Crippen molar-refractivity contribution < 1.29 is 9.90 Å². The first-order valence-corrected chi connectivity index (χ1v) is 7.10. The van der Waals surface area contributed by atoms with Crippen molar-refractivity contribution in [1.29, 1.82) is 0 Å². The highest BCUT2D eigenvalue weighted by Crippen LogP contribution is 2.25. The molecule has 0 atom stereocenters. The number of anilines is 1.